The average Bonchev–Trinajstić information content (AvgIpc) is 2.88. The van der Waals surface area contributed by atoms with Crippen LogP contribution in [0.1, 0.15) is 5.89 Å². The van der Waals surface area contributed by atoms with Crippen LogP contribution in [0.25, 0.3) is 11.3 Å². The molecule has 0 spiro atoms. The second-order valence-electron chi connectivity index (χ2n) is 4.09. The standard InChI is InChI=1S/C13H13ClN2O3S/c14-9-3-1-8(2-4-9)11-5-16-12(19-11)7-20-6-10(15)13(17)18/h1-5,10H,6-7,15H2,(H,17,18). The normalized spacial score (nSPS) is 12.3. The molecule has 1 atom stereocenters. The van der Waals surface area contributed by atoms with Crippen molar-refractivity contribution in [3.05, 3.63) is 41.4 Å². The highest BCUT2D eigenvalue weighted by molar-refractivity contribution is 7.98. The van der Waals surface area contributed by atoms with E-state index in [2.05, 4.69) is 4.98 Å². The molecule has 2 rings (SSSR count). The number of aromatic nitrogens is 1. The van der Waals surface area contributed by atoms with Gasteiger partial charge in [0.25, 0.3) is 0 Å². The lowest BCUT2D eigenvalue weighted by Crippen LogP contribution is -2.32. The Morgan fingerprint density at radius 3 is 2.80 bits per heavy atom. The number of nitrogens with zero attached hydrogens (tertiary/aromatic N) is 1. The molecule has 0 aliphatic heterocycles. The molecule has 0 aliphatic rings. The van der Waals surface area contributed by atoms with Crippen LogP contribution in [0.5, 0.6) is 0 Å². The predicted molar refractivity (Wildman–Crippen MR) is 78.7 cm³/mol. The fraction of sp³-hybridized carbons (Fsp3) is 0.231. The van der Waals surface area contributed by atoms with Crippen molar-refractivity contribution in [2.75, 3.05) is 5.75 Å². The second kappa shape index (κ2) is 6.78. The van der Waals surface area contributed by atoms with Crippen molar-refractivity contribution < 1.29 is 14.3 Å². The molecular formula is C13H13ClN2O3S. The number of carboxylic acids is 1. The molecule has 2 aromatic rings. The van der Waals surface area contributed by atoms with Gasteiger partial charge in [-0.05, 0) is 24.3 Å². The zero-order chi connectivity index (χ0) is 14.5. The van der Waals surface area contributed by atoms with Gasteiger partial charge in [-0.2, -0.15) is 0 Å². The number of benzene rings is 1. The van der Waals surface area contributed by atoms with Gasteiger partial charge in [-0.3, -0.25) is 4.79 Å². The lowest BCUT2D eigenvalue weighted by Gasteiger charge is -2.03. The molecule has 1 unspecified atom stereocenters. The fourth-order valence-electron chi connectivity index (χ4n) is 1.47. The number of nitrogens with two attached hydrogens (primary N) is 1. The van der Waals surface area contributed by atoms with E-state index in [9.17, 15) is 4.79 Å². The summed E-state index contributed by atoms with van der Waals surface area (Å²) in [5, 5.41) is 9.33. The van der Waals surface area contributed by atoms with E-state index in [0.717, 1.165) is 5.56 Å². The Morgan fingerprint density at radius 1 is 1.45 bits per heavy atom. The number of rotatable bonds is 6. The summed E-state index contributed by atoms with van der Waals surface area (Å²) in [6.45, 7) is 0. The van der Waals surface area contributed by atoms with E-state index in [1.807, 2.05) is 12.1 Å². The zero-order valence-corrected chi connectivity index (χ0v) is 12.0. The smallest absolute Gasteiger partial charge is 0.321 e. The number of thioether (sulfide) groups is 1. The molecule has 0 bridgehead atoms. The third kappa shape index (κ3) is 4.00. The number of carboxylic acid groups (broad SMARTS) is 1. The molecule has 0 saturated heterocycles. The summed E-state index contributed by atoms with van der Waals surface area (Å²) in [5.41, 5.74) is 6.30. The first kappa shape index (κ1) is 14.9. The third-order valence-electron chi connectivity index (χ3n) is 2.52. The first-order chi connectivity index (χ1) is 9.56. The van der Waals surface area contributed by atoms with E-state index in [0.29, 0.717) is 28.2 Å². The lowest BCUT2D eigenvalue weighted by atomic mass is 10.2. The van der Waals surface area contributed by atoms with E-state index < -0.39 is 12.0 Å². The van der Waals surface area contributed by atoms with Crippen LogP contribution in [0.4, 0.5) is 0 Å². The number of halogens is 1. The summed E-state index contributed by atoms with van der Waals surface area (Å²) in [7, 11) is 0. The van der Waals surface area contributed by atoms with Crippen LogP contribution in [0.3, 0.4) is 0 Å². The summed E-state index contributed by atoms with van der Waals surface area (Å²) in [6.07, 6.45) is 1.64. The van der Waals surface area contributed by atoms with Crippen molar-refractivity contribution in [2.24, 2.45) is 5.73 Å². The summed E-state index contributed by atoms with van der Waals surface area (Å²) in [4.78, 5) is 14.7. The molecule has 0 amide bonds. The van der Waals surface area contributed by atoms with Crippen LogP contribution in [0.2, 0.25) is 5.02 Å². The first-order valence-corrected chi connectivity index (χ1v) is 7.36. The van der Waals surface area contributed by atoms with Crippen LogP contribution >= 0.6 is 23.4 Å². The summed E-state index contributed by atoms with van der Waals surface area (Å²) in [5.74, 6) is 0.979. The highest BCUT2D eigenvalue weighted by Crippen LogP contribution is 2.23. The minimum Gasteiger partial charge on any atom is -0.480 e. The molecule has 5 nitrogen and oxygen atoms in total. The van der Waals surface area contributed by atoms with Crippen LogP contribution in [0, 0.1) is 0 Å². The van der Waals surface area contributed by atoms with Gasteiger partial charge in [-0.15, -0.1) is 11.8 Å². The van der Waals surface area contributed by atoms with Crippen LogP contribution in [-0.2, 0) is 10.5 Å². The van der Waals surface area contributed by atoms with Crippen molar-refractivity contribution >= 4 is 29.3 Å². The van der Waals surface area contributed by atoms with Gasteiger partial charge < -0.3 is 15.3 Å². The Labute approximate surface area is 125 Å². The van der Waals surface area contributed by atoms with Gasteiger partial charge in [0.2, 0.25) is 5.89 Å². The van der Waals surface area contributed by atoms with Crippen molar-refractivity contribution in [1.82, 2.24) is 4.98 Å². The number of oxazole rings is 1. The maximum Gasteiger partial charge on any atom is 0.321 e. The van der Waals surface area contributed by atoms with Crippen molar-refractivity contribution in [3.63, 3.8) is 0 Å². The first-order valence-electron chi connectivity index (χ1n) is 5.83. The second-order valence-corrected chi connectivity index (χ2v) is 5.55. The van der Waals surface area contributed by atoms with E-state index in [4.69, 9.17) is 26.9 Å². The Balaban J connectivity index is 1.92. The Hall–Kier alpha value is -1.50. The van der Waals surface area contributed by atoms with Gasteiger partial charge in [0.05, 0.1) is 11.9 Å². The molecule has 7 heteroatoms. The third-order valence-corrected chi connectivity index (χ3v) is 3.82. The molecule has 1 heterocycles. The Bertz CT molecular complexity index is 586. The maximum absolute atomic E-state index is 10.6. The molecule has 0 saturated carbocycles. The van der Waals surface area contributed by atoms with E-state index in [1.165, 1.54) is 11.8 Å². The molecule has 0 radical (unpaired) electrons. The van der Waals surface area contributed by atoms with Crippen LogP contribution in [-0.4, -0.2) is 27.9 Å². The van der Waals surface area contributed by atoms with E-state index >= 15 is 0 Å². The highest BCUT2D eigenvalue weighted by atomic mass is 35.5. The fourth-order valence-corrected chi connectivity index (χ4v) is 2.42. The Kier molecular flexibility index (Phi) is 5.05. The minimum absolute atomic E-state index is 0.313. The molecule has 3 N–H and O–H groups in total. The molecular weight excluding hydrogens is 300 g/mol. The van der Waals surface area contributed by atoms with E-state index in [1.54, 1.807) is 18.3 Å². The van der Waals surface area contributed by atoms with Crippen LogP contribution in [0.15, 0.2) is 34.9 Å². The van der Waals surface area contributed by atoms with Gasteiger partial charge in [-0.25, -0.2) is 4.98 Å². The molecule has 106 valence electrons. The molecule has 20 heavy (non-hydrogen) atoms. The molecule has 0 aliphatic carbocycles. The largest absolute Gasteiger partial charge is 0.480 e. The minimum atomic E-state index is -1.01. The molecule has 1 aromatic carbocycles. The Morgan fingerprint density at radius 2 is 2.15 bits per heavy atom. The van der Waals surface area contributed by atoms with Crippen molar-refractivity contribution in [1.29, 1.82) is 0 Å². The van der Waals surface area contributed by atoms with Gasteiger partial charge in [0, 0.05) is 16.3 Å². The highest BCUT2D eigenvalue weighted by Gasteiger charge is 2.12. The zero-order valence-electron chi connectivity index (χ0n) is 10.5. The van der Waals surface area contributed by atoms with Gasteiger partial charge in [0.1, 0.15) is 6.04 Å². The monoisotopic (exact) mass is 312 g/mol. The van der Waals surface area contributed by atoms with Crippen molar-refractivity contribution in [2.45, 2.75) is 11.8 Å². The van der Waals surface area contributed by atoms with Gasteiger partial charge >= 0.3 is 5.97 Å². The predicted octanol–water partition coefficient (Wildman–Crippen LogP) is 2.64. The quantitative estimate of drug-likeness (QED) is 0.852. The molecule has 1 aromatic heterocycles. The topological polar surface area (TPSA) is 89.4 Å². The lowest BCUT2D eigenvalue weighted by molar-refractivity contribution is -0.137. The molecule has 0 fully saturated rings. The summed E-state index contributed by atoms with van der Waals surface area (Å²) in [6, 6.07) is 6.38. The SMILES string of the molecule is NC(CSCc1ncc(-c2ccc(Cl)cc2)o1)C(=O)O. The number of hydrogen-bond donors (Lipinski definition) is 2. The number of aliphatic carboxylic acids is 1. The van der Waals surface area contributed by atoms with E-state index in [-0.39, 0.29) is 0 Å². The average molecular weight is 313 g/mol. The summed E-state index contributed by atoms with van der Waals surface area (Å²) < 4.78 is 5.59. The summed E-state index contributed by atoms with van der Waals surface area (Å²) >= 11 is 7.19. The number of carbonyl (C=O) groups is 1. The van der Waals surface area contributed by atoms with Crippen molar-refractivity contribution in [3.8, 4) is 11.3 Å². The van der Waals surface area contributed by atoms with Gasteiger partial charge in [-0.1, -0.05) is 11.6 Å². The van der Waals surface area contributed by atoms with Gasteiger partial charge in [0.15, 0.2) is 5.76 Å². The maximum atomic E-state index is 10.6. The number of hydrogen-bond acceptors (Lipinski definition) is 5. The van der Waals surface area contributed by atoms with Crippen LogP contribution < -0.4 is 5.73 Å².